The predicted molar refractivity (Wildman–Crippen MR) is 32.0 cm³/mol. The SMILES string of the molecule is COC1=C[CH]N(C)C1. The first-order valence-electron chi connectivity index (χ1n) is 2.61. The van der Waals surface area contributed by atoms with Gasteiger partial charge >= 0.3 is 0 Å². The summed E-state index contributed by atoms with van der Waals surface area (Å²) in [4.78, 5) is 2.07. The lowest BCUT2D eigenvalue weighted by Gasteiger charge is -2.04. The second kappa shape index (κ2) is 2.18. The maximum atomic E-state index is 4.97. The highest BCUT2D eigenvalue weighted by Crippen LogP contribution is 2.09. The van der Waals surface area contributed by atoms with Gasteiger partial charge in [-0.3, -0.25) is 4.90 Å². The molecular weight excluding hydrogens is 102 g/mol. The fourth-order valence-corrected chi connectivity index (χ4v) is 0.694. The molecule has 0 N–H and O–H groups in total. The van der Waals surface area contributed by atoms with Crippen LogP contribution in [0.4, 0.5) is 0 Å². The molecule has 8 heavy (non-hydrogen) atoms. The number of hydrogen-bond acceptors (Lipinski definition) is 2. The topological polar surface area (TPSA) is 12.5 Å². The molecule has 45 valence electrons. The summed E-state index contributed by atoms with van der Waals surface area (Å²) >= 11 is 0. The Kier molecular flexibility index (Phi) is 1.53. The van der Waals surface area contributed by atoms with Crippen LogP contribution in [0.2, 0.25) is 0 Å². The molecule has 1 aliphatic rings. The zero-order valence-corrected chi connectivity index (χ0v) is 5.22. The summed E-state index contributed by atoms with van der Waals surface area (Å²) in [5.74, 6) is 1.03. The Morgan fingerprint density at radius 1 is 1.75 bits per heavy atom. The Balaban J connectivity index is 2.37. The van der Waals surface area contributed by atoms with Crippen LogP contribution in [0.25, 0.3) is 0 Å². The Morgan fingerprint density at radius 2 is 2.50 bits per heavy atom. The number of nitrogens with zero attached hydrogens (tertiary/aromatic N) is 1. The summed E-state index contributed by atoms with van der Waals surface area (Å²) in [5, 5.41) is 0. The maximum absolute atomic E-state index is 4.97. The Morgan fingerprint density at radius 3 is 2.75 bits per heavy atom. The molecule has 1 rings (SSSR count). The third-order valence-electron chi connectivity index (χ3n) is 1.18. The van der Waals surface area contributed by atoms with Gasteiger partial charge in [0.15, 0.2) is 0 Å². The van der Waals surface area contributed by atoms with Gasteiger partial charge in [-0.2, -0.15) is 0 Å². The van der Waals surface area contributed by atoms with Crippen LogP contribution >= 0.6 is 0 Å². The smallest absolute Gasteiger partial charge is 0.107 e. The van der Waals surface area contributed by atoms with E-state index in [0.717, 1.165) is 12.3 Å². The Labute approximate surface area is 49.7 Å². The average molecular weight is 112 g/mol. The average Bonchev–Trinajstić information content (AvgIpc) is 2.14. The highest BCUT2D eigenvalue weighted by Gasteiger charge is 2.08. The predicted octanol–water partition coefficient (Wildman–Crippen LogP) is 0.624. The molecule has 0 spiro atoms. The molecule has 0 unspecified atom stereocenters. The van der Waals surface area contributed by atoms with Crippen LogP contribution in [0.3, 0.4) is 0 Å². The van der Waals surface area contributed by atoms with Crippen molar-refractivity contribution in [2.24, 2.45) is 0 Å². The lowest BCUT2D eigenvalue weighted by Crippen LogP contribution is -2.10. The van der Waals surface area contributed by atoms with Crippen molar-refractivity contribution >= 4 is 0 Å². The van der Waals surface area contributed by atoms with Crippen LogP contribution in [0.15, 0.2) is 11.8 Å². The van der Waals surface area contributed by atoms with Crippen molar-refractivity contribution in [1.29, 1.82) is 0 Å². The third-order valence-corrected chi connectivity index (χ3v) is 1.18. The van der Waals surface area contributed by atoms with E-state index in [9.17, 15) is 0 Å². The van der Waals surface area contributed by atoms with E-state index in [1.54, 1.807) is 7.11 Å². The Bertz CT molecular complexity index is 109. The molecule has 1 radical (unpaired) electrons. The van der Waals surface area contributed by atoms with E-state index >= 15 is 0 Å². The summed E-state index contributed by atoms with van der Waals surface area (Å²) in [7, 11) is 3.71. The minimum Gasteiger partial charge on any atom is -0.500 e. The summed E-state index contributed by atoms with van der Waals surface area (Å²) in [5.41, 5.74) is 0. The van der Waals surface area contributed by atoms with Crippen molar-refractivity contribution in [2.75, 3.05) is 20.7 Å². The molecule has 2 nitrogen and oxygen atoms in total. The van der Waals surface area contributed by atoms with E-state index < -0.39 is 0 Å². The summed E-state index contributed by atoms with van der Waals surface area (Å²) in [6, 6.07) is 0. The molecule has 0 aromatic heterocycles. The van der Waals surface area contributed by atoms with Crippen molar-refractivity contribution in [1.82, 2.24) is 4.90 Å². The molecular formula is C6H10NO. The minimum atomic E-state index is 0.913. The molecule has 2 heteroatoms. The first kappa shape index (κ1) is 5.63. The molecule has 0 aromatic carbocycles. The van der Waals surface area contributed by atoms with Crippen LogP contribution in [0.1, 0.15) is 0 Å². The summed E-state index contributed by atoms with van der Waals surface area (Å²) in [6.07, 6.45) is 1.97. The van der Waals surface area contributed by atoms with E-state index in [-0.39, 0.29) is 0 Å². The quantitative estimate of drug-likeness (QED) is 0.493. The lowest BCUT2D eigenvalue weighted by atomic mass is 10.5. The molecule has 1 aliphatic heterocycles. The molecule has 0 fully saturated rings. The van der Waals surface area contributed by atoms with Crippen molar-refractivity contribution in [3.63, 3.8) is 0 Å². The van der Waals surface area contributed by atoms with Gasteiger partial charge in [-0.05, 0) is 13.1 Å². The normalized spacial score (nSPS) is 21.0. The van der Waals surface area contributed by atoms with Crippen LogP contribution in [-0.2, 0) is 4.74 Å². The van der Waals surface area contributed by atoms with Crippen LogP contribution in [-0.4, -0.2) is 25.6 Å². The van der Waals surface area contributed by atoms with Gasteiger partial charge in [-0.25, -0.2) is 0 Å². The van der Waals surface area contributed by atoms with Crippen LogP contribution in [0, 0.1) is 6.54 Å². The maximum Gasteiger partial charge on any atom is 0.107 e. The monoisotopic (exact) mass is 112 g/mol. The number of ether oxygens (including phenoxy) is 1. The van der Waals surface area contributed by atoms with E-state index in [4.69, 9.17) is 4.74 Å². The van der Waals surface area contributed by atoms with Crippen molar-refractivity contribution in [3.8, 4) is 0 Å². The van der Waals surface area contributed by atoms with E-state index in [0.29, 0.717) is 0 Å². The van der Waals surface area contributed by atoms with E-state index in [1.807, 2.05) is 19.7 Å². The van der Waals surface area contributed by atoms with Gasteiger partial charge in [0.05, 0.1) is 20.2 Å². The van der Waals surface area contributed by atoms with Gasteiger partial charge < -0.3 is 4.74 Å². The van der Waals surface area contributed by atoms with E-state index in [1.165, 1.54) is 0 Å². The molecule has 0 aliphatic carbocycles. The number of rotatable bonds is 1. The van der Waals surface area contributed by atoms with Gasteiger partial charge in [-0.15, -0.1) is 0 Å². The number of hydrogen-bond donors (Lipinski definition) is 0. The van der Waals surface area contributed by atoms with Gasteiger partial charge in [0.2, 0.25) is 0 Å². The van der Waals surface area contributed by atoms with Crippen LogP contribution in [0.5, 0.6) is 0 Å². The molecule has 0 saturated carbocycles. The van der Waals surface area contributed by atoms with Crippen molar-refractivity contribution in [2.45, 2.75) is 0 Å². The summed E-state index contributed by atoms with van der Waals surface area (Å²) in [6.45, 7) is 2.91. The minimum absolute atomic E-state index is 0.913. The molecule has 1 heterocycles. The first-order chi connectivity index (χ1) is 3.83. The van der Waals surface area contributed by atoms with Gasteiger partial charge in [0, 0.05) is 0 Å². The second-order valence-corrected chi connectivity index (χ2v) is 1.90. The summed E-state index contributed by atoms with van der Waals surface area (Å²) < 4.78 is 4.97. The number of methoxy groups -OCH3 is 1. The Hall–Kier alpha value is -0.500. The lowest BCUT2D eigenvalue weighted by molar-refractivity contribution is 0.268. The highest BCUT2D eigenvalue weighted by atomic mass is 16.5. The van der Waals surface area contributed by atoms with Crippen molar-refractivity contribution < 1.29 is 4.74 Å². The van der Waals surface area contributed by atoms with Crippen LogP contribution < -0.4 is 0 Å². The standard InChI is InChI=1S/C6H10NO/c1-7-4-3-6(5-7)8-2/h3-4H,5H2,1-2H3. The van der Waals surface area contributed by atoms with Crippen molar-refractivity contribution in [3.05, 3.63) is 18.4 Å². The zero-order chi connectivity index (χ0) is 5.98. The third kappa shape index (κ3) is 1.01. The van der Waals surface area contributed by atoms with Gasteiger partial charge in [0.25, 0.3) is 0 Å². The largest absolute Gasteiger partial charge is 0.500 e. The number of likely N-dealkylation sites (N-methyl/N-ethyl adjacent to an activating group) is 1. The van der Waals surface area contributed by atoms with Gasteiger partial charge in [-0.1, -0.05) is 0 Å². The fourth-order valence-electron chi connectivity index (χ4n) is 0.694. The second-order valence-electron chi connectivity index (χ2n) is 1.90. The zero-order valence-electron chi connectivity index (χ0n) is 5.22. The molecule has 0 atom stereocenters. The van der Waals surface area contributed by atoms with E-state index in [2.05, 4.69) is 4.90 Å². The molecule has 0 saturated heterocycles. The highest BCUT2D eigenvalue weighted by molar-refractivity contribution is 5.10. The molecule has 0 amide bonds. The molecule has 0 bridgehead atoms. The fraction of sp³-hybridized carbons (Fsp3) is 0.500. The first-order valence-corrected chi connectivity index (χ1v) is 2.61. The molecule has 0 aromatic rings. The van der Waals surface area contributed by atoms with Gasteiger partial charge in [0.1, 0.15) is 5.76 Å².